The molecule has 0 N–H and O–H groups in total. The lowest BCUT2D eigenvalue weighted by atomic mass is 10.3. The molecule has 5 heteroatoms. The molecule has 15 heavy (non-hydrogen) atoms. The standard InChI is InChI=1S/C10H9ClN2O2/c11-7-3-4-12-8(5-7)6-13-9(14)1-2-10(13)15/h3-5H,1-2,6H2. The summed E-state index contributed by atoms with van der Waals surface area (Å²) in [6.07, 6.45) is 2.17. The van der Waals surface area contributed by atoms with Crippen LogP contribution in [-0.4, -0.2) is 21.7 Å². The van der Waals surface area contributed by atoms with Gasteiger partial charge < -0.3 is 0 Å². The predicted molar refractivity (Wildman–Crippen MR) is 54.0 cm³/mol. The average molecular weight is 225 g/mol. The molecule has 2 rings (SSSR count). The van der Waals surface area contributed by atoms with E-state index in [0.717, 1.165) is 0 Å². The number of amides is 2. The van der Waals surface area contributed by atoms with Gasteiger partial charge in [0.2, 0.25) is 11.8 Å². The summed E-state index contributed by atoms with van der Waals surface area (Å²) in [6, 6.07) is 3.30. The van der Waals surface area contributed by atoms with Crippen molar-refractivity contribution in [2.45, 2.75) is 19.4 Å². The van der Waals surface area contributed by atoms with Crippen molar-refractivity contribution in [2.24, 2.45) is 0 Å². The van der Waals surface area contributed by atoms with Crippen molar-refractivity contribution in [1.82, 2.24) is 9.88 Å². The van der Waals surface area contributed by atoms with E-state index < -0.39 is 0 Å². The number of pyridine rings is 1. The molecule has 2 amide bonds. The molecule has 0 aliphatic carbocycles. The second-order valence-corrected chi connectivity index (χ2v) is 3.78. The van der Waals surface area contributed by atoms with E-state index in [0.29, 0.717) is 23.6 Å². The molecule has 0 saturated carbocycles. The zero-order valence-electron chi connectivity index (χ0n) is 7.94. The molecular formula is C10H9ClN2O2. The predicted octanol–water partition coefficient (Wildman–Crippen LogP) is 1.38. The Balaban J connectivity index is 2.15. The molecule has 4 nitrogen and oxygen atoms in total. The molecule has 1 aliphatic rings. The third-order valence-electron chi connectivity index (χ3n) is 2.25. The van der Waals surface area contributed by atoms with Crippen LogP contribution in [-0.2, 0) is 16.1 Å². The third kappa shape index (κ3) is 2.15. The van der Waals surface area contributed by atoms with Crippen LogP contribution >= 0.6 is 11.6 Å². The Kier molecular flexibility index (Phi) is 2.68. The molecule has 1 aromatic heterocycles. The van der Waals surface area contributed by atoms with Crippen LogP contribution in [0, 0.1) is 0 Å². The van der Waals surface area contributed by atoms with E-state index in [9.17, 15) is 9.59 Å². The minimum atomic E-state index is -0.137. The van der Waals surface area contributed by atoms with Crippen LogP contribution in [0.1, 0.15) is 18.5 Å². The van der Waals surface area contributed by atoms with Crippen molar-refractivity contribution >= 4 is 23.4 Å². The molecule has 0 atom stereocenters. The summed E-state index contributed by atoms with van der Waals surface area (Å²) in [7, 11) is 0. The van der Waals surface area contributed by atoms with Gasteiger partial charge in [0.15, 0.2) is 0 Å². The summed E-state index contributed by atoms with van der Waals surface area (Å²) >= 11 is 5.77. The lowest BCUT2D eigenvalue weighted by Crippen LogP contribution is -2.28. The molecule has 0 unspecified atom stereocenters. The number of carbonyl (C=O) groups is 2. The summed E-state index contributed by atoms with van der Waals surface area (Å²) in [5.74, 6) is -0.274. The molecule has 1 aliphatic heterocycles. The van der Waals surface area contributed by atoms with Crippen LogP contribution in [0.5, 0.6) is 0 Å². The summed E-state index contributed by atoms with van der Waals surface area (Å²) in [6.45, 7) is 0.220. The topological polar surface area (TPSA) is 50.3 Å². The van der Waals surface area contributed by atoms with Gasteiger partial charge in [0.1, 0.15) is 0 Å². The quantitative estimate of drug-likeness (QED) is 0.714. The zero-order valence-corrected chi connectivity index (χ0v) is 8.70. The van der Waals surface area contributed by atoms with Gasteiger partial charge in [-0.3, -0.25) is 19.5 Å². The molecule has 1 fully saturated rings. The highest BCUT2D eigenvalue weighted by Gasteiger charge is 2.28. The van der Waals surface area contributed by atoms with Crippen molar-refractivity contribution in [2.75, 3.05) is 0 Å². The van der Waals surface area contributed by atoms with Crippen LogP contribution < -0.4 is 0 Å². The second-order valence-electron chi connectivity index (χ2n) is 3.34. The first-order valence-electron chi connectivity index (χ1n) is 4.60. The van der Waals surface area contributed by atoms with Crippen molar-refractivity contribution in [3.05, 3.63) is 29.0 Å². The van der Waals surface area contributed by atoms with Gasteiger partial charge in [-0.1, -0.05) is 11.6 Å². The first-order valence-corrected chi connectivity index (χ1v) is 4.98. The number of hydrogen-bond donors (Lipinski definition) is 0. The minimum Gasteiger partial charge on any atom is -0.277 e. The van der Waals surface area contributed by atoms with Gasteiger partial charge in [0.05, 0.1) is 12.2 Å². The van der Waals surface area contributed by atoms with E-state index in [1.807, 2.05) is 0 Å². The Hall–Kier alpha value is -1.42. The molecule has 0 radical (unpaired) electrons. The summed E-state index contributed by atoms with van der Waals surface area (Å²) < 4.78 is 0. The normalized spacial score (nSPS) is 16.2. The average Bonchev–Trinajstić information content (AvgIpc) is 2.50. The van der Waals surface area contributed by atoms with Gasteiger partial charge in [0, 0.05) is 24.1 Å². The van der Waals surface area contributed by atoms with Gasteiger partial charge in [-0.15, -0.1) is 0 Å². The van der Waals surface area contributed by atoms with Gasteiger partial charge >= 0.3 is 0 Å². The number of carbonyl (C=O) groups excluding carboxylic acids is 2. The van der Waals surface area contributed by atoms with Gasteiger partial charge in [0.25, 0.3) is 0 Å². The Bertz CT molecular complexity index is 404. The van der Waals surface area contributed by atoms with E-state index in [1.165, 1.54) is 4.90 Å². The van der Waals surface area contributed by atoms with Crippen LogP contribution in [0.15, 0.2) is 18.3 Å². The monoisotopic (exact) mass is 224 g/mol. The third-order valence-corrected chi connectivity index (χ3v) is 2.49. The highest BCUT2D eigenvalue weighted by atomic mass is 35.5. The van der Waals surface area contributed by atoms with E-state index in [4.69, 9.17) is 11.6 Å². The van der Waals surface area contributed by atoms with Crippen molar-refractivity contribution in [3.63, 3.8) is 0 Å². The molecule has 0 spiro atoms. The smallest absolute Gasteiger partial charge is 0.230 e. The van der Waals surface area contributed by atoms with Crippen molar-refractivity contribution in [1.29, 1.82) is 0 Å². The van der Waals surface area contributed by atoms with Crippen LogP contribution in [0.2, 0.25) is 5.02 Å². The molecule has 1 aromatic rings. The molecular weight excluding hydrogens is 216 g/mol. The molecule has 0 aromatic carbocycles. The number of aromatic nitrogens is 1. The summed E-state index contributed by atoms with van der Waals surface area (Å²) in [5.41, 5.74) is 0.631. The highest BCUT2D eigenvalue weighted by molar-refractivity contribution is 6.30. The number of halogens is 1. The lowest BCUT2D eigenvalue weighted by molar-refractivity contribution is -0.139. The van der Waals surface area contributed by atoms with Crippen molar-refractivity contribution in [3.8, 4) is 0 Å². The van der Waals surface area contributed by atoms with Gasteiger partial charge in [-0.05, 0) is 12.1 Å². The van der Waals surface area contributed by atoms with E-state index in [1.54, 1.807) is 18.3 Å². The van der Waals surface area contributed by atoms with Crippen molar-refractivity contribution < 1.29 is 9.59 Å². The van der Waals surface area contributed by atoms with Gasteiger partial charge in [-0.25, -0.2) is 0 Å². The fourth-order valence-electron chi connectivity index (χ4n) is 1.50. The molecule has 78 valence electrons. The maximum Gasteiger partial charge on any atom is 0.230 e. The fraction of sp³-hybridized carbons (Fsp3) is 0.300. The number of rotatable bonds is 2. The fourth-order valence-corrected chi connectivity index (χ4v) is 1.68. The van der Waals surface area contributed by atoms with E-state index in [-0.39, 0.29) is 18.4 Å². The van der Waals surface area contributed by atoms with E-state index in [2.05, 4.69) is 4.98 Å². The lowest BCUT2D eigenvalue weighted by Gasteiger charge is -2.12. The minimum absolute atomic E-state index is 0.137. The summed E-state index contributed by atoms with van der Waals surface area (Å²) in [5, 5.41) is 0.555. The number of hydrogen-bond acceptors (Lipinski definition) is 3. The molecule has 2 heterocycles. The Morgan fingerprint density at radius 2 is 2.00 bits per heavy atom. The number of nitrogens with zero attached hydrogens (tertiary/aromatic N) is 2. The Labute approximate surface area is 91.9 Å². The largest absolute Gasteiger partial charge is 0.277 e. The SMILES string of the molecule is O=C1CCC(=O)N1Cc1cc(Cl)ccn1. The van der Waals surface area contributed by atoms with Crippen LogP contribution in [0.4, 0.5) is 0 Å². The van der Waals surface area contributed by atoms with Gasteiger partial charge in [-0.2, -0.15) is 0 Å². The van der Waals surface area contributed by atoms with Crippen LogP contribution in [0.3, 0.4) is 0 Å². The first-order chi connectivity index (χ1) is 7.16. The number of likely N-dealkylation sites (tertiary alicyclic amines) is 1. The van der Waals surface area contributed by atoms with Crippen LogP contribution in [0.25, 0.3) is 0 Å². The maximum absolute atomic E-state index is 11.3. The Morgan fingerprint density at radius 3 is 2.60 bits per heavy atom. The highest BCUT2D eigenvalue weighted by Crippen LogP contribution is 2.16. The second kappa shape index (κ2) is 3.98. The molecule has 0 bridgehead atoms. The number of imide groups is 1. The zero-order chi connectivity index (χ0) is 10.8. The Morgan fingerprint density at radius 1 is 1.33 bits per heavy atom. The first kappa shape index (κ1) is 10.1. The molecule has 1 saturated heterocycles. The van der Waals surface area contributed by atoms with E-state index >= 15 is 0 Å². The maximum atomic E-state index is 11.3. The summed E-state index contributed by atoms with van der Waals surface area (Å²) in [4.78, 5) is 27.9.